The smallest absolute Gasteiger partial charge is 0.256 e. The summed E-state index contributed by atoms with van der Waals surface area (Å²) in [5.74, 6) is -0.625. The Kier molecular flexibility index (Phi) is 5.69. The normalized spacial score (nSPS) is 18.4. The van der Waals surface area contributed by atoms with Crippen LogP contribution in [0.15, 0.2) is 36.9 Å². The number of aromatic nitrogens is 1. The lowest BCUT2D eigenvalue weighted by atomic mass is 9.97. The van der Waals surface area contributed by atoms with Crippen molar-refractivity contribution in [3.05, 3.63) is 53.3 Å². The number of anilines is 2. The molecule has 3 heterocycles. The van der Waals surface area contributed by atoms with Crippen LogP contribution in [0.2, 0.25) is 5.02 Å². The highest BCUT2D eigenvalue weighted by Crippen LogP contribution is 2.41. The molecule has 5 rings (SSSR count). The van der Waals surface area contributed by atoms with Gasteiger partial charge in [-0.25, -0.2) is 9.37 Å². The molecule has 1 aromatic heterocycles. The number of nitrogen functional groups attached to an aromatic ring is 1. The monoisotopic (exact) mass is 499 g/mol. The first-order chi connectivity index (χ1) is 16.3. The van der Waals surface area contributed by atoms with Gasteiger partial charge in [-0.05, 0) is 36.8 Å². The third-order valence-corrected chi connectivity index (χ3v) is 7.76. The average molecular weight is 500 g/mol. The molecule has 176 valence electrons. The van der Waals surface area contributed by atoms with Crippen molar-refractivity contribution in [3.63, 3.8) is 0 Å². The number of nitrogens with two attached hydrogens (primary N) is 1. The van der Waals surface area contributed by atoms with Crippen LogP contribution in [0.4, 0.5) is 15.2 Å². The van der Waals surface area contributed by atoms with Gasteiger partial charge >= 0.3 is 0 Å². The topological polar surface area (TPSA) is 82.8 Å². The Morgan fingerprint density at radius 3 is 2.82 bits per heavy atom. The van der Waals surface area contributed by atoms with Crippen molar-refractivity contribution in [2.45, 2.75) is 12.5 Å². The fraction of sp³-hybridized carbons (Fsp3) is 0.292. The van der Waals surface area contributed by atoms with Crippen LogP contribution in [0.25, 0.3) is 21.3 Å². The molecule has 1 atom stereocenters. The number of hydrogen-bond acceptors (Lipinski definition) is 6. The van der Waals surface area contributed by atoms with Gasteiger partial charge in [-0.15, -0.1) is 0 Å². The maximum absolute atomic E-state index is 14.3. The Bertz CT molecular complexity index is 1340. The summed E-state index contributed by atoms with van der Waals surface area (Å²) in [6.07, 6.45) is 2.02. The number of hydrogen-bond donors (Lipinski definition) is 1. The third-order valence-electron chi connectivity index (χ3n) is 6.56. The molecule has 10 heteroatoms. The third kappa shape index (κ3) is 3.69. The molecule has 2 aliphatic rings. The minimum Gasteiger partial charge on any atom is -0.375 e. The van der Waals surface area contributed by atoms with Crippen molar-refractivity contribution in [2.24, 2.45) is 0 Å². The van der Waals surface area contributed by atoms with Crippen LogP contribution >= 0.6 is 22.9 Å². The molecule has 0 bridgehead atoms. The van der Waals surface area contributed by atoms with Gasteiger partial charge in [-0.1, -0.05) is 29.5 Å². The van der Waals surface area contributed by atoms with Gasteiger partial charge in [0.25, 0.3) is 5.91 Å². The van der Waals surface area contributed by atoms with Crippen molar-refractivity contribution >= 4 is 55.8 Å². The van der Waals surface area contributed by atoms with Gasteiger partial charge in [-0.2, -0.15) is 0 Å². The summed E-state index contributed by atoms with van der Waals surface area (Å²) < 4.78 is 14.7. The number of amides is 2. The lowest BCUT2D eigenvalue weighted by Crippen LogP contribution is -2.57. The lowest BCUT2D eigenvalue weighted by Gasteiger charge is -2.43. The average Bonchev–Trinajstić information content (AvgIpc) is 3.23. The van der Waals surface area contributed by atoms with Crippen molar-refractivity contribution in [2.75, 3.05) is 43.9 Å². The summed E-state index contributed by atoms with van der Waals surface area (Å²) in [6.45, 7) is 5.64. The molecule has 34 heavy (non-hydrogen) atoms. The van der Waals surface area contributed by atoms with E-state index in [2.05, 4.69) is 11.6 Å². The second kappa shape index (κ2) is 8.56. The molecule has 2 aliphatic heterocycles. The molecule has 3 aromatic rings. The maximum atomic E-state index is 14.3. The van der Waals surface area contributed by atoms with Crippen molar-refractivity contribution in [1.29, 1.82) is 0 Å². The molecule has 2 N–H and O–H groups in total. The SMILES string of the molecule is C=CC(=O)N1CCN2C(=O)c3cc(Cl)c(-c4ccc(F)c5sc(N)nc45)cc3N(C)CC[C@H]2C1. The van der Waals surface area contributed by atoms with E-state index in [1.807, 2.05) is 22.9 Å². The molecule has 2 amide bonds. The minimum absolute atomic E-state index is 0.0890. The Labute approximate surface area is 205 Å². The quantitative estimate of drug-likeness (QED) is 0.538. The number of benzene rings is 2. The van der Waals surface area contributed by atoms with Crippen LogP contribution in [0.1, 0.15) is 16.8 Å². The highest BCUT2D eigenvalue weighted by molar-refractivity contribution is 7.22. The van der Waals surface area contributed by atoms with E-state index >= 15 is 0 Å². The van der Waals surface area contributed by atoms with E-state index in [1.54, 1.807) is 17.0 Å². The van der Waals surface area contributed by atoms with E-state index in [1.165, 1.54) is 12.1 Å². The van der Waals surface area contributed by atoms with Gasteiger partial charge in [0.1, 0.15) is 5.82 Å². The standard InChI is InChI=1S/C24H23ClFN5O2S/c1-3-20(32)30-8-9-31-13(12-30)6-7-29(2)19-11-15(17(25)10-16(19)23(31)33)14-4-5-18(26)22-21(14)28-24(27)34-22/h3-5,10-11,13H,1,6-9,12H2,2H3,(H2,27,28)/t13-/m0/s1. The predicted molar refractivity (Wildman–Crippen MR) is 134 cm³/mol. The van der Waals surface area contributed by atoms with Gasteiger partial charge in [0.15, 0.2) is 5.13 Å². The number of fused-ring (bicyclic) bond motifs is 3. The van der Waals surface area contributed by atoms with E-state index in [0.717, 1.165) is 17.0 Å². The predicted octanol–water partition coefficient (Wildman–Crippen LogP) is 4.02. The maximum Gasteiger partial charge on any atom is 0.256 e. The van der Waals surface area contributed by atoms with Crippen LogP contribution in [-0.2, 0) is 4.79 Å². The number of carbonyl (C=O) groups is 2. The van der Waals surface area contributed by atoms with Crippen molar-refractivity contribution in [3.8, 4) is 11.1 Å². The number of carbonyl (C=O) groups excluding carboxylic acids is 2. The second-order valence-corrected chi connectivity index (χ2v) is 9.96. The molecule has 1 fully saturated rings. The Hall–Kier alpha value is -3.17. The van der Waals surface area contributed by atoms with Gasteiger partial charge < -0.3 is 20.4 Å². The number of halogens is 2. The highest BCUT2D eigenvalue weighted by Gasteiger charge is 2.35. The number of thiazole rings is 1. The molecule has 1 saturated heterocycles. The summed E-state index contributed by atoms with van der Waals surface area (Å²) in [7, 11) is 1.93. The molecule has 0 radical (unpaired) electrons. The van der Waals surface area contributed by atoms with Crippen LogP contribution in [0.5, 0.6) is 0 Å². The van der Waals surface area contributed by atoms with Gasteiger partial charge in [0.05, 0.1) is 21.8 Å². The molecular weight excluding hydrogens is 477 g/mol. The first kappa shape index (κ1) is 22.6. The molecular formula is C24H23ClFN5O2S. The largest absolute Gasteiger partial charge is 0.375 e. The number of piperazine rings is 1. The Balaban J connectivity index is 1.57. The van der Waals surface area contributed by atoms with E-state index in [-0.39, 0.29) is 28.8 Å². The van der Waals surface area contributed by atoms with E-state index < -0.39 is 0 Å². The molecule has 2 aromatic carbocycles. The molecule has 7 nitrogen and oxygen atoms in total. The zero-order chi connectivity index (χ0) is 24.1. The molecule has 0 saturated carbocycles. The van der Waals surface area contributed by atoms with Crippen LogP contribution in [0.3, 0.4) is 0 Å². The summed E-state index contributed by atoms with van der Waals surface area (Å²) in [4.78, 5) is 35.6. The van der Waals surface area contributed by atoms with Crippen molar-refractivity contribution < 1.29 is 14.0 Å². The van der Waals surface area contributed by atoms with Gasteiger partial charge in [0.2, 0.25) is 5.91 Å². The Morgan fingerprint density at radius 1 is 1.26 bits per heavy atom. The van der Waals surface area contributed by atoms with E-state index in [9.17, 15) is 14.0 Å². The zero-order valence-corrected chi connectivity index (χ0v) is 20.1. The summed E-state index contributed by atoms with van der Waals surface area (Å²) in [5, 5.41) is 0.647. The van der Waals surface area contributed by atoms with E-state index in [0.29, 0.717) is 64.5 Å². The highest BCUT2D eigenvalue weighted by atomic mass is 35.5. The summed E-state index contributed by atoms with van der Waals surface area (Å²) in [5.41, 5.74) is 8.87. The fourth-order valence-electron chi connectivity index (χ4n) is 4.78. The first-order valence-electron chi connectivity index (χ1n) is 10.9. The summed E-state index contributed by atoms with van der Waals surface area (Å²) >= 11 is 7.79. The Morgan fingerprint density at radius 2 is 2.06 bits per heavy atom. The molecule has 0 spiro atoms. The minimum atomic E-state index is -0.386. The zero-order valence-electron chi connectivity index (χ0n) is 18.6. The summed E-state index contributed by atoms with van der Waals surface area (Å²) in [6, 6.07) is 6.48. The van der Waals surface area contributed by atoms with Gasteiger partial charge in [0, 0.05) is 55.1 Å². The van der Waals surface area contributed by atoms with E-state index in [4.69, 9.17) is 17.3 Å². The lowest BCUT2D eigenvalue weighted by molar-refractivity contribution is -0.128. The number of rotatable bonds is 2. The fourth-order valence-corrected chi connectivity index (χ4v) is 5.81. The van der Waals surface area contributed by atoms with Crippen molar-refractivity contribution in [1.82, 2.24) is 14.8 Å². The molecule has 0 unspecified atom stereocenters. The van der Waals surface area contributed by atoms with Gasteiger partial charge in [-0.3, -0.25) is 9.59 Å². The van der Waals surface area contributed by atoms with Crippen LogP contribution in [-0.4, -0.2) is 65.9 Å². The van der Waals surface area contributed by atoms with Crippen LogP contribution in [0, 0.1) is 5.82 Å². The first-order valence-corrected chi connectivity index (χ1v) is 12.1. The van der Waals surface area contributed by atoms with Crippen LogP contribution < -0.4 is 10.6 Å². The second-order valence-electron chi connectivity index (χ2n) is 8.52. The number of nitrogens with zero attached hydrogens (tertiary/aromatic N) is 4. The molecule has 0 aliphatic carbocycles.